The van der Waals surface area contributed by atoms with Gasteiger partial charge < -0.3 is 5.73 Å². The minimum Gasteiger partial charge on any atom is -0.327 e. The van der Waals surface area contributed by atoms with E-state index >= 15 is 0 Å². The van der Waals surface area contributed by atoms with Crippen molar-refractivity contribution in [1.29, 1.82) is 0 Å². The largest absolute Gasteiger partial charge is 0.327 e. The average Bonchev–Trinajstić information content (AvgIpc) is 2.17. The van der Waals surface area contributed by atoms with Gasteiger partial charge in [-0.3, -0.25) is 0 Å². The van der Waals surface area contributed by atoms with Crippen molar-refractivity contribution in [3.8, 4) is 0 Å². The van der Waals surface area contributed by atoms with E-state index in [-0.39, 0.29) is 0 Å². The van der Waals surface area contributed by atoms with E-state index in [1.807, 2.05) is 0 Å². The lowest BCUT2D eigenvalue weighted by molar-refractivity contribution is 0.313. The lowest BCUT2D eigenvalue weighted by atomic mass is 9.88. The van der Waals surface area contributed by atoms with Crippen LogP contribution in [0.25, 0.3) is 0 Å². The zero-order valence-electron chi connectivity index (χ0n) is 8.17. The van der Waals surface area contributed by atoms with Gasteiger partial charge in [-0.2, -0.15) is 0 Å². The molecule has 66 valence electrons. The molecule has 5 atom stereocenters. The van der Waals surface area contributed by atoms with E-state index in [2.05, 4.69) is 27.7 Å². The van der Waals surface area contributed by atoms with Crippen molar-refractivity contribution >= 4 is 0 Å². The number of hydrogen-bond donors (Lipinski definition) is 1. The molecular weight excluding hydrogens is 134 g/mol. The first-order valence-corrected chi connectivity index (χ1v) is 4.85. The van der Waals surface area contributed by atoms with Crippen LogP contribution in [0.2, 0.25) is 0 Å². The molecule has 0 spiro atoms. The zero-order valence-corrected chi connectivity index (χ0v) is 8.17. The third-order valence-corrected chi connectivity index (χ3v) is 3.87. The summed E-state index contributed by atoms with van der Waals surface area (Å²) < 4.78 is 0. The third kappa shape index (κ3) is 1.31. The van der Waals surface area contributed by atoms with E-state index in [4.69, 9.17) is 5.73 Å². The number of nitrogens with two attached hydrogens (primary N) is 1. The summed E-state index contributed by atoms with van der Waals surface area (Å²) in [5.41, 5.74) is 6.08. The summed E-state index contributed by atoms with van der Waals surface area (Å²) in [5, 5.41) is 0. The molecule has 0 aromatic rings. The van der Waals surface area contributed by atoms with Crippen LogP contribution in [0.4, 0.5) is 0 Å². The standard InChI is InChI=1S/C10H21N/c1-5-9-6(2)7(3)10(11)8(9)4/h6-10H,5,11H2,1-4H3. The predicted octanol–water partition coefficient (Wildman–Crippen LogP) is 2.26. The van der Waals surface area contributed by atoms with Crippen molar-refractivity contribution < 1.29 is 0 Å². The Balaban J connectivity index is 2.69. The fourth-order valence-electron chi connectivity index (χ4n) is 2.73. The highest BCUT2D eigenvalue weighted by atomic mass is 14.7. The van der Waals surface area contributed by atoms with Crippen molar-refractivity contribution in [1.82, 2.24) is 0 Å². The van der Waals surface area contributed by atoms with Gasteiger partial charge in [0.2, 0.25) is 0 Å². The van der Waals surface area contributed by atoms with Crippen LogP contribution < -0.4 is 5.73 Å². The van der Waals surface area contributed by atoms with Gasteiger partial charge in [-0.15, -0.1) is 0 Å². The highest BCUT2D eigenvalue weighted by Gasteiger charge is 2.40. The maximum Gasteiger partial charge on any atom is 0.00957 e. The summed E-state index contributed by atoms with van der Waals surface area (Å²) in [6.07, 6.45) is 1.29. The van der Waals surface area contributed by atoms with Gasteiger partial charge in [-0.25, -0.2) is 0 Å². The molecule has 5 unspecified atom stereocenters. The van der Waals surface area contributed by atoms with Crippen molar-refractivity contribution in [2.24, 2.45) is 29.4 Å². The average molecular weight is 155 g/mol. The maximum atomic E-state index is 6.08. The van der Waals surface area contributed by atoms with Crippen LogP contribution >= 0.6 is 0 Å². The maximum absolute atomic E-state index is 6.08. The summed E-state index contributed by atoms with van der Waals surface area (Å²) in [6, 6.07) is 0.440. The molecule has 0 aromatic carbocycles. The number of rotatable bonds is 1. The second-order valence-electron chi connectivity index (χ2n) is 4.23. The summed E-state index contributed by atoms with van der Waals surface area (Å²) in [5.74, 6) is 3.13. The first-order valence-electron chi connectivity index (χ1n) is 4.85. The molecule has 1 fully saturated rings. The summed E-state index contributed by atoms with van der Waals surface area (Å²) in [7, 11) is 0. The van der Waals surface area contributed by atoms with Crippen LogP contribution in [-0.4, -0.2) is 6.04 Å². The van der Waals surface area contributed by atoms with Crippen molar-refractivity contribution in [3.05, 3.63) is 0 Å². The van der Waals surface area contributed by atoms with Crippen LogP contribution in [0, 0.1) is 23.7 Å². The zero-order chi connectivity index (χ0) is 8.59. The molecule has 0 aliphatic heterocycles. The van der Waals surface area contributed by atoms with Gasteiger partial charge in [-0.1, -0.05) is 34.1 Å². The molecule has 0 saturated heterocycles. The molecule has 1 rings (SSSR count). The first-order chi connectivity index (χ1) is 5.09. The molecular formula is C10H21N. The molecule has 0 amide bonds. The highest BCUT2D eigenvalue weighted by molar-refractivity contribution is 4.93. The Hall–Kier alpha value is -0.0400. The Kier molecular flexibility index (Phi) is 2.58. The van der Waals surface area contributed by atoms with Gasteiger partial charge in [0, 0.05) is 6.04 Å². The molecule has 1 heteroatoms. The smallest absolute Gasteiger partial charge is 0.00957 e. The van der Waals surface area contributed by atoms with Crippen LogP contribution in [0.1, 0.15) is 34.1 Å². The summed E-state index contributed by atoms with van der Waals surface area (Å²) in [4.78, 5) is 0. The van der Waals surface area contributed by atoms with Crippen LogP contribution in [-0.2, 0) is 0 Å². The van der Waals surface area contributed by atoms with E-state index in [1.54, 1.807) is 0 Å². The van der Waals surface area contributed by atoms with E-state index in [0.29, 0.717) is 6.04 Å². The van der Waals surface area contributed by atoms with Crippen LogP contribution in [0.5, 0.6) is 0 Å². The predicted molar refractivity (Wildman–Crippen MR) is 49.2 cm³/mol. The topological polar surface area (TPSA) is 26.0 Å². The number of hydrogen-bond acceptors (Lipinski definition) is 1. The van der Waals surface area contributed by atoms with E-state index in [9.17, 15) is 0 Å². The fourth-order valence-corrected chi connectivity index (χ4v) is 2.73. The van der Waals surface area contributed by atoms with Crippen molar-refractivity contribution in [2.45, 2.75) is 40.2 Å². The Morgan fingerprint density at radius 2 is 1.55 bits per heavy atom. The van der Waals surface area contributed by atoms with Gasteiger partial charge in [0.1, 0.15) is 0 Å². The molecule has 1 aliphatic rings. The van der Waals surface area contributed by atoms with E-state index < -0.39 is 0 Å². The van der Waals surface area contributed by atoms with Crippen LogP contribution in [0.15, 0.2) is 0 Å². The summed E-state index contributed by atoms with van der Waals surface area (Å²) in [6.45, 7) is 9.23. The fraction of sp³-hybridized carbons (Fsp3) is 1.00. The molecule has 1 aliphatic carbocycles. The summed E-state index contributed by atoms with van der Waals surface area (Å²) >= 11 is 0. The SMILES string of the molecule is CCC1C(C)C(C)C(N)C1C. The minimum atomic E-state index is 0.440. The second-order valence-corrected chi connectivity index (χ2v) is 4.23. The normalized spacial score (nSPS) is 51.5. The van der Waals surface area contributed by atoms with Gasteiger partial charge in [0.25, 0.3) is 0 Å². The van der Waals surface area contributed by atoms with Gasteiger partial charge in [-0.05, 0) is 23.7 Å². The Bertz CT molecular complexity index is 119. The van der Waals surface area contributed by atoms with Crippen molar-refractivity contribution in [3.63, 3.8) is 0 Å². The van der Waals surface area contributed by atoms with Gasteiger partial charge in [0.05, 0.1) is 0 Å². The highest BCUT2D eigenvalue weighted by Crippen LogP contribution is 2.41. The third-order valence-electron chi connectivity index (χ3n) is 3.87. The second kappa shape index (κ2) is 3.14. The molecule has 0 radical (unpaired) electrons. The quantitative estimate of drug-likeness (QED) is 0.617. The molecule has 2 N–H and O–H groups in total. The lowest BCUT2D eigenvalue weighted by Crippen LogP contribution is -2.29. The lowest BCUT2D eigenvalue weighted by Gasteiger charge is -2.18. The Morgan fingerprint density at radius 1 is 1.00 bits per heavy atom. The monoisotopic (exact) mass is 155 g/mol. The van der Waals surface area contributed by atoms with Gasteiger partial charge >= 0.3 is 0 Å². The van der Waals surface area contributed by atoms with Gasteiger partial charge in [0.15, 0.2) is 0 Å². The molecule has 11 heavy (non-hydrogen) atoms. The molecule has 0 bridgehead atoms. The van der Waals surface area contributed by atoms with Crippen LogP contribution in [0.3, 0.4) is 0 Å². The molecule has 1 nitrogen and oxygen atoms in total. The van der Waals surface area contributed by atoms with E-state index in [0.717, 1.165) is 23.7 Å². The molecule has 1 saturated carbocycles. The van der Waals surface area contributed by atoms with Crippen molar-refractivity contribution in [2.75, 3.05) is 0 Å². The minimum absolute atomic E-state index is 0.440. The van der Waals surface area contributed by atoms with E-state index in [1.165, 1.54) is 6.42 Å². The first kappa shape index (κ1) is 9.05. The molecule has 0 aromatic heterocycles. The Morgan fingerprint density at radius 3 is 1.73 bits per heavy atom. The molecule has 0 heterocycles. The Labute approximate surface area is 70.4 Å².